The molecule has 1 aliphatic rings. The van der Waals surface area contributed by atoms with E-state index in [-0.39, 0.29) is 24.7 Å². The van der Waals surface area contributed by atoms with Gasteiger partial charge in [0.2, 0.25) is 5.96 Å². The number of nitrogens with zero attached hydrogens (tertiary/aromatic N) is 2. The number of alkyl halides is 1. The van der Waals surface area contributed by atoms with Crippen LogP contribution in [0.4, 0.5) is 4.39 Å². The van der Waals surface area contributed by atoms with Crippen molar-refractivity contribution in [2.45, 2.75) is 24.8 Å². The first kappa shape index (κ1) is 13.4. The van der Waals surface area contributed by atoms with Crippen LogP contribution in [0.3, 0.4) is 0 Å². The lowest BCUT2D eigenvalue weighted by Gasteiger charge is -2.10. The number of amidine groups is 1. The highest BCUT2D eigenvalue weighted by atomic mass is 19.1. The van der Waals surface area contributed by atoms with Gasteiger partial charge in [-0.15, -0.1) is 0 Å². The average molecular weight is 270 g/mol. The third-order valence-electron chi connectivity index (χ3n) is 2.74. The Kier molecular flexibility index (Phi) is 3.76. The summed E-state index contributed by atoms with van der Waals surface area (Å²) in [5.41, 5.74) is 11.0. The molecule has 0 aromatic carbocycles. The number of aliphatic imine (C=N–C) groups is 1. The van der Waals surface area contributed by atoms with Crippen molar-refractivity contribution in [2.24, 2.45) is 16.5 Å². The molecule has 1 aliphatic heterocycles. The lowest BCUT2D eigenvalue weighted by atomic mass is 10.1. The van der Waals surface area contributed by atoms with Gasteiger partial charge in [0.05, 0.1) is 24.6 Å². The number of hydrogen-bond donors (Lipinski definition) is 5. The molecule has 1 fully saturated rings. The van der Waals surface area contributed by atoms with E-state index in [0.717, 1.165) is 0 Å². The van der Waals surface area contributed by atoms with Gasteiger partial charge in [-0.2, -0.15) is 4.99 Å². The van der Waals surface area contributed by atoms with Crippen molar-refractivity contribution in [3.63, 3.8) is 0 Å². The zero-order valence-corrected chi connectivity index (χ0v) is 10.0. The van der Waals surface area contributed by atoms with E-state index >= 15 is 0 Å². The number of aromatic nitrogens is 2. The fraction of sp³-hybridized carbons (Fsp3) is 0.500. The Balaban J connectivity index is 2.15. The maximum atomic E-state index is 13.7. The average Bonchev–Trinajstić information content (AvgIpc) is 2.94. The molecule has 0 amide bonds. The maximum absolute atomic E-state index is 13.7. The molecule has 0 unspecified atom stereocenters. The first-order valence-corrected chi connectivity index (χ1v) is 5.65. The van der Waals surface area contributed by atoms with Crippen LogP contribution in [0.25, 0.3) is 0 Å². The predicted molar refractivity (Wildman–Crippen MR) is 65.4 cm³/mol. The van der Waals surface area contributed by atoms with E-state index in [9.17, 15) is 4.39 Å². The minimum absolute atomic E-state index is 0.0640. The largest absolute Gasteiger partial charge is 0.394 e. The fourth-order valence-electron chi connectivity index (χ4n) is 1.90. The number of halogens is 1. The lowest BCUT2D eigenvalue weighted by Crippen LogP contribution is -2.20. The summed E-state index contributed by atoms with van der Waals surface area (Å²) in [6.07, 6.45) is -1.04. The molecular formula is C10H15FN6O2. The molecule has 3 atom stereocenters. The van der Waals surface area contributed by atoms with E-state index in [1.165, 1.54) is 6.20 Å². The molecule has 0 bridgehead atoms. The molecule has 19 heavy (non-hydrogen) atoms. The molecule has 8 nitrogen and oxygen atoms in total. The van der Waals surface area contributed by atoms with Crippen molar-refractivity contribution >= 4 is 11.8 Å². The molecule has 1 aromatic rings. The molecule has 7 N–H and O–H groups in total. The first-order valence-electron chi connectivity index (χ1n) is 5.65. The Morgan fingerprint density at radius 1 is 1.68 bits per heavy atom. The van der Waals surface area contributed by atoms with Gasteiger partial charge in [-0.3, -0.25) is 5.41 Å². The van der Waals surface area contributed by atoms with Crippen molar-refractivity contribution in [2.75, 3.05) is 6.61 Å². The van der Waals surface area contributed by atoms with Crippen LogP contribution in [0.5, 0.6) is 0 Å². The lowest BCUT2D eigenvalue weighted by molar-refractivity contribution is -0.00105. The maximum Gasteiger partial charge on any atom is 0.214 e. The normalized spacial score (nSPS) is 27.7. The van der Waals surface area contributed by atoms with Crippen molar-refractivity contribution in [1.82, 2.24) is 9.97 Å². The number of aliphatic hydroxyl groups is 1. The summed E-state index contributed by atoms with van der Waals surface area (Å²) >= 11 is 0. The van der Waals surface area contributed by atoms with Crippen LogP contribution in [0.1, 0.15) is 24.0 Å². The highest BCUT2D eigenvalue weighted by Crippen LogP contribution is 2.34. The van der Waals surface area contributed by atoms with Crippen LogP contribution >= 0.6 is 0 Å². The number of rotatable bonds is 3. The van der Waals surface area contributed by atoms with Crippen molar-refractivity contribution in [3.05, 3.63) is 17.7 Å². The van der Waals surface area contributed by atoms with Crippen LogP contribution < -0.4 is 11.5 Å². The zero-order valence-electron chi connectivity index (χ0n) is 10.0. The Labute approximate surface area is 108 Å². The van der Waals surface area contributed by atoms with Crippen LogP contribution in [-0.4, -0.2) is 45.8 Å². The van der Waals surface area contributed by atoms with Gasteiger partial charge in [0, 0.05) is 6.42 Å². The number of nitrogens with two attached hydrogens (primary N) is 2. The standard InChI is InChI=1S/C10H15FN6O2/c11-5-1-4(3-18)19-7(5)6-2-15-9(16-6)8(12)17-10(13)14/h2,4-5,7,18H,1,3H2,(H,15,16)(H5,12,13,14,17)/t4-,5+,7+/m0/s1. The van der Waals surface area contributed by atoms with Crippen LogP contribution in [0.2, 0.25) is 0 Å². The minimum atomic E-state index is -1.23. The van der Waals surface area contributed by atoms with Crippen molar-refractivity contribution in [3.8, 4) is 0 Å². The number of guanidine groups is 1. The number of imidazole rings is 1. The van der Waals surface area contributed by atoms with E-state index in [1.54, 1.807) is 0 Å². The second kappa shape index (κ2) is 5.33. The molecule has 9 heteroatoms. The highest BCUT2D eigenvalue weighted by molar-refractivity contribution is 6.01. The van der Waals surface area contributed by atoms with Crippen molar-refractivity contribution in [1.29, 1.82) is 5.41 Å². The smallest absolute Gasteiger partial charge is 0.214 e. The molecule has 2 heterocycles. The van der Waals surface area contributed by atoms with Crippen LogP contribution in [-0.2, 0) is 4.74 Å². The molecule has 2 rings (SSSR count). The Hall–Kier alpha value is -2.00. The Morgan fingerprint density at radius 2 is 2.42 bits per heavy atom. The molecule has 104 valence electrons. The van der Waals surface area contributed by atoms with E-state index in [2.05, 4.69) is 15.0 Å². The second-order valence-electron chi connectivity index (χ2n) is 4.18. The van der Waals surface area contributed by atoms with Gasteiger partial charge >= 0.3 is 0 Å². The Bertz CT molecular complexity index is 502. The van der Waals surface area contributed by atoms with Gasteiger partial charge in [-0.1, -0.05) is 0 Å². The molecular weight excluding hydrogens is 255 g/mol. The summed E-state index contributed by atoms with van der Waals surface area (Å²) in [6, 6.07) is 0. The Morgan fingerprint density at radius 3 is 3.00 bits per heavy atom. The summed E-state index contributed by atoms with van der Waals surface area (Å²) < 4.78 is 19.1. The highest BCUT2D eigenvalue weighted by Gasteiger charge is 2.37. The molecule has 1 saturated heterocycles. The summed E-state index contributed by atoms with van der Waals surface area (Å²) in [6.45, 7) is -0.230. The summed E-state index contributed by atoms with van der Waals surface area (Å²) in [5.74, 6) is -0.324. The van der Waals surface area contributed by atoms with Gasteiger partial charge < -0.3 is 26.3 Å². The number of nitrogens with one attached hydrogen (secondary N) is 2. The first-order chi connectivity index (χ1) is 9.01. The molecule has 0 spiro atoms. The van der Waals surface area contributed by atoms with Gasteiger partial charge in [0.1, 0.15) is 12.3 Å². The summed E-state index contributed by atoms with van der Waals surface area (Å²) in [4.78, 5) is 10.2. The monoisotopic (exact) mass is 270 g/mol. The van der Waals surface area contributed by atoms with Gasteiger partial charge in [-0.25, -0.2) is 9.37 Å². The number of aliphatic hydroxyl groups excluding tert-OH is 1. The number of H-pyrrole nitrogens is 1. The third kappa shape index (κ3) is 2.88. The predicted octanol–water partition coefficient (Wildman–Crippen LogP) is -0.831. The van der Waals surface area contributed by atoms with Gasteiger partial charge in [0.25, 0.3) is 0 Å². The van der Waals surface area contributed by atoms with E-state index < -0.39 is 24.3 Å². The molecule has 1 aromatic heterocycles. The summed E-state index contributed by atoms with van der Waals surface area (Å²) in [7, 11) is 0. The van der Waals surface area contributed by atoms with E-state index in [1.807, 2.05) is 0 Å². The van der Waals surface area contributed by atoms with E-state index in [4.69, 9.17) is 26.7 Å². The fourth-order valence-corrected chi connectivity index (χ4v) is 1.90. The van der Waals surface area contributed by atoms with Crippen LogP contribution in [0.15, 0.2) is 11.2 Å². The minimum Gasteiger partial charge on any atom is -0.394 e. The third-order valence-corrected chi connectivity index (χ3v) is 2.74. The number of aromatic amines is 1. The molecule has 0 radical (unpaired) electrons. The van der Waals surface area contributed by atoms with Crippen LogP contribution in [0, 0.1) is 5.41 Å². The second-order valence-corrected chi connectivity index (χ2v) is 4.18. The number of hydrogen-bond acceptors (Lipinski definition) is 4. The molecule has 0 aliphatic carbocycles. The van der Waals surface area contributed by atoms with Gasteiger partial charge in [-0.05, 0) is 0 Å². The van der Waals surface area contributed by atoms with Gasteiger partial charge in [0.15, 0.2) is 11.7 Å². The summed E-state index contributed by atoms with van der Waals surface area (Å²) in [5, 5.41) is 15.9. The topological polar surface area (TPSA) is 146 Å². The quantitative estimate of drug-likeness (QED) is 0.359. The zero-order chi connectivity index (χ0) is 14.0. The molecule has 0 saturated carbocycles. The van der Waals surface area contributed by atoms with Crippen molar-refractivity contribution < 1.29 is 14.2 Å². The number of ether oxygens (including phenoxy) is 1. The van der Waals surface area contributed by atoms with E-state index in [0.29, 0.717) is 5.69 Å². The SMILES string of the molecule is N=C(N)/N=C(/N)c1ncc([C@@H]2O[C@H](CO)C[C@H]2F)[nH]1.